The monoisotopic (exact) mass is 443 g/mol. The van der Waals surface area contributed by atoms with Gasteiger partial charge in [-0.2, -0.15) is 4.72 Å². The van der Waals surface area contributed by atoms with E-state index in [4.69, 9.17) is 16.3 Å². The minimum absolute atomic E-state index is 0.118. The van der Waals surface area contributed by atoms with Crippen molar-refractivity contribution in [2.75, 3.05) is 7.11 Å². The molecule has 0 bridgehead atoms. The van der Waals surface area contributed by atoms with E-state index in [1.165, 1.54) is 31.4 Å². The van der Waals surface area contributed by atoms with E-state index in [2.05, 4.69) is 4.72 Å². The SMILES string of the molecule is COC(=O)C(C)c1cccc(C(NS(=O)(=O)c2ccc(Cl)cc2)c2ccccc2)c1. The van der Waals surface area contributed by atoms with Crippen LogP contribution in [0.1, 0.15) is 35.6 Å². The maximum absolute atomic E-state index is 13.0. The third kappa shape index (κ3) is 5.08. The summed E-state index contributed by atoms with van der Waals surface area (Å²) < 4.78 is 33.7. The molecule has 3 rings (SSSR count). The Kier molecular flexibility index (Phi) is 6.92. The average Bonchev–Trinajstić information content (AvgIpc) is 2.77. The van der Waals surface area contributed by atoms with Crippen molar-refractivity contribution in [3.63, 3.8) is 0 Å². The van der Waals surface area contributed by atoms with Crippen LogP contribution in [0.4, 0.5) is 0 Å². The molecule has 3 aromatic carbocycles. The van der Waals surface area contributed by atoms with Crippen molar-refractivity contribution < 1.29 is 17.9 Å². The first-order chi connectivity index (χ1) is 14.3. The predicted octanol–water partition coefficient (Wildman–Crippen LogP) is 4.68. The second-order valence-corrected chi connectivity index (χ2v) is 8.98. The summed E-state index contributed by atoms with van der Waals surface area (Å²) in [5.41, 5.74) is 2.23. The molecule has 7 heteroatoms. The molecule has 3 aromatic rings. The van der Waals surface area contributed by atoms with Crippen molar-refractivity contribution in [2.45, 2.75) is 23.8 Å². The van der Waals surface area contributed by atoms with Crippen molar-refractivity contribution in [3.8, 4) is 0 Å². The molecule has 0 aliphatic carbocycles. The van der Waals surface area contributed by atoms with Gasteiger partial charge in [-0.3, -0.25) is 4.79 Å². The Morgan fingerprint density at radius 2 is 1.50 bits per heavy atom. The molecule has 2 atom stereocenters. The highest BCUT2D eigenvalue weighted by molar-refractivity contribution is 7.89. The first-order valence-corrected chi connectivity index (χ1v) is 11.2. The lowest BCUT2D eigenvalue weighted by molar-refractivity contribution is -0.141. The minimum atomic E-state index is -3.83. The summed E-state index contributed by atoms with van der Waals surface area (Å²) in [7, 11) is -2.48. The molecule has 5 nitrogen and oxygen atoms in total. The number of rotatable bonds is 7. The lowest BCUT2D eigenvalue weighted by Gasteiger charge is -2.21. The number of hydrogen-bond donors (Lipinski definition) is 1. The van der Waals surface area contributed by atoms with Crippen LogP contribution in [0.2, 0.25) is 5.02 Å². The number of carbonyl (C=O) groups excluding carboxylic acids is 1. The number of carbonyl (C=O) groups is 1. The molecule has 0 aliphatic rings. The summed E-state index contributed by atoms with van der Waals surface area (Å²) in [4.78, 5) is 12.1. The van der Waals surface area contributed by atoms with Gasteiger partial charge in [0.1, 0.15) is 0 Å². The number of ether oxygens (including phenoxy) is 1. The normalized spacial score (nSPS) is 13.4. The lowest BCUT2D eigenvalue weighted by atomic mass is 9.94. The molecule has 2 unspecified atom stereocenters. The number of hydrogen-bond acceptors (Lipinski definition) is 4. The molecule has 0 heterocycles. The summed E-state index contributed by atoms with van der Waals surface area (Å²) in [6, 6.07) is 21.9. The molecule has 0 aromatic heterocycles. The quantitative estimate of drug-likeness (QED) is 0.538. The van der Waals surface area contributed by atoms with Gasteiger partial charge in [0.25, 0.3) is 0 Å². The number of nitrogens with one attached hydrogen (secondary N) is 1. The Hall–Kier alpha value is -2.67. The maximum atomic E-state index is 13.0. The summed E-state index contributed by atoms with van der Waals surface area (Å²) in [5.74, 6) is -0.829. The Labute approximate surface area is 181 Å². The van der Waals surface area contributed by atoms with Gasteiger partial charge in [0.15, 0.2) is 0 Å². The first kappa shape index (κ1) is 22.0. The van der Waals surface area contributed by atoms with Gasteiger partial charge in [-0.05, 0) is 47.9 Å². The van der Waals surface area contributed by atoms with E-state index in [0.29, 0.717) is 10.6 Å². The van der Waals surface area contributed by atoms with Crippen LogP contribution in [0, 0.1) is 0 Å². The van der Waals surface area contributed by atoms with Crippen LogP contribution in [0.15, 0.2) is 83.8 Å². The van der Waals surface area contributed by atoms with Gasteiger partial charge < -0.3 is 4.74 Å². The van der Waals surface area contributed by atoms with Gasteiger partial charge in [0.05, 0.1) is 24.0 Å². The zero-order valence-corrected chi connectivity index (χ0v) is 18.2. The topological polar surface area (TPSA) is 72.5 Å². The zero-order chi connectivity index (χ0) is 21.7. The fourth-order valence-electron chi connectivity index (χ4n) is 3.13. The molecule has 0 fully saturated rings. The summed E-state index contributed by atoms with van der Waals surface area (Å²) in [6.45, 7) is 1.75. The van der Waals surface area contributed by atoms with E-state index in [9.17, 15) is 13.2 Å². The highest BCUT2D eigenvalue weighted by Gasteiger charge is 2.24. The molecule has 0 saturated carbocycles. The minimum Gasteiger partial charge on any atom is -0.469 e. The standard InChI is InChI=1S/C23H22ClNO4S/c1-16(23(26)29-2)18-9-6-10-19(15-18)22(17-7-4-3-5-8-17)25-30(27,28)21-13-11-20(24)12-14-21/h3-16,22,25H,1-2H3. The van der Waals surface area contributed by atoms with Gasteiger partial charge in [-0.1, -0.05) is 66.2 Å². The molecule has 0 radical (unpaired) electrons. The van der Waals surface area contributed by atoms with Crippen molar-refractivity contribution in [1.29, 1.82) is 0 Å². The van der Waals surface area contributed by atoms with Crippen molar-refractivity contribution in [3.05, 3.63) is 101 Å². The highest BCUT2D eigenvalue weighted by Crippen LogP contribution is 2.28. The predicted molar refractivity (Wildman–Crippen MR) is 117 cm³/mol. The maximum Gasteiger partial charge on any atom is 0.312 e. The van der Waals surface area contributed by atoms with E-state index in [0.717, 1.165) is 11.1 Å². The number of halogens is 1. The Morgan fingerprint density at radius 1 is 0.900 bits per heavy atom. The molecule has 0 aliphatic heterocycles. The van der Waals surface area contributed by atoms with Crippen LogP contribution in [-0.2, 0) is 19.6 Å². The highest BCUT2D eigenvalue weighted by atomic mass is 35.5. The van der Waals surface area contributed by atoms with E-state index >= 15 is 0 Å². The van der Waals surface area contributed by atoms with Crippen molar-refractivity contribution >= 4 is 27.6 Å². The number of methoxy groups -OCH3 is 1. The number of benzene rings is 3. The van der Waals surface area contributed by atoms with Gasteiger partial charge in [-0.15, -0.1) is 0 Å². The fraction of sp³-hybridized carbons (Fsp3) is 0.174. The van der Waals surface area contributed by atoms with E-state index < -0.39 is 22.0 Å². The molecule has 156 valence electrons. The Balaban J connectivity index is 2.03. The van der Waals surface area contributed by atoms with E-state index in [1.807, 2.05) is 48.5 Å². The number of sulfonamides is 1. The van der Waals surface area contributed by atoms with Gasteiger partial charge >= 0.3 is 5.97 Å². The average molecular weight is 444 g/mol. The Morgan fingerprint density at radius 3 is 2.13 bits per heavy atom. The van der Waals surface area contributed by atoms with Crippen LogP contribution in [0.3, 0.4) is 0 Å². The second-order valence-electron chi connectivity index (χ2n) is 6.83. The van der Waals surface area contributed by atoms with Crippen LogP contribution < -0.4 is 4.72 Å². The Bertz CT molecular complexity index is 1120. The third-order valence-electron chi connectivity index (χ3n) is 4.83. The molecule has 0 saturated heterocycles. The molecule has 0 spiro atoms. The van der Waals surface area contributed by atoms with Crippen LogP contribution in [-0.4, -0.2) is 21.5 Å². The van der Waals surface area contributed by atoms with E-state index in [1.54, 1.807) is 13.0 Å². The second kappa shape index (κ2) is 9.43. The van der Waals surface area contributed by atoms with Gasteiger partial charge in [-0.25, -0.2) is 8.42 Å². The van der Waals surface area contributed by atoms with Crippen molar-refractivity contribution in [2.24, 2.45) is 0 Å². The summed E-state index contributed by atoms with van der Waals surface area (Å²) in [6.07, 6.45) is 0. The third-order valence-corrected chi connectivity index (χ3v) is 6.52. The van der Waals surface area contributed by atoms with Crippen LogP contribution in [0.25, 0.3) is 0 Å². The van der Waals surface area contributed by atoms with Gasteiger partial charge in [0.2, 0.25) is 10.0 Å². The molecular weight excluding hydrogens is 422 g/mol. The van der Waals surface area contributed by atoms with Crippen LogP contribution >= 0.6 is 11.6 Å². The summed E-state index contributed by atoms with van der Waals surface area (Å²) in [5, 5.41) is 0.457. The smallest absolute Gasteiger partial charge is 0.312 e. The lowest BCUT2D eigenvalue weighted by Crippen LogP contribution is -2.29. The number of esters is 1. The van der Waals surface area contributed by atoms with Crippen molar-refractivity contribution in [1.82, 2.24) is 4.72 Å². The molecule has 1 N–H and O–H groups in total. The van der Waals surface area contributed by atoms with Crippen LogP contribution in [0.5, 0.6) is 0 Å². The van der Waals surface area contributed by atoms with E-state index in [-0.39, 0.29) is 10.9 Å². The summed E-state index contributed by atoms with van der Waals surface area (Å²) >= 11 is 5.89. The molecule has 0 amide bonds. The molecule has 30 heavy (non-hydrogen) atoms. The van der Waals surface area contributed by atoms with Gasteiger partial charge in [0, 0.05) is 5.02 Å². The zero-order valence-electron chi connectivity index (χ0n) is 16.6. The molecular formula is C23H22ClNO4S. The first-order valence-electron chi connectivity index (χ1n) is 9.32. The largest absolute Gasteiger partial charge is 0.469 e. The fourth-order valence-corrected chi connectivity index (χ4v) is 4.47.